The second-order valence-electron chi connectivity index (χ2n) is 5.47. The number of hydrogen-bond donors (Lipinski definition) is 1. The zero-order valence-corrected chi connectivity index (χ0v) is 13.3. The van der Waals surface area contributed by atoms with Crippen molar-refractivity contribution in [3.05, 3.63) is 84.6 Å². The minimum absolute atomic E-state index is 0.812. The number of hydrogen-bond acceptors (Lipinski definition) is 2. The van der Waals surface area contributed by atoms with Crippen molar-refractivity contribution in [3.8, 4) is 0 Å². The number of nitrogens with zero attached hydrogens (tertiary/aromatic N) is 1. The highest BCUT2D eigenvalue weighted by Gasteiger charge is 2.13. The van der Waals surface area contributed by atoms with E-state index in [0.717, 1.165) is 10.8 Å². The lowest BCUT2D eigenvalue weighted by atomic mass is 9.98. The van der Waals surface area contributed by atoms with Crippen molar-refractivity contribution < 1.29 is 9.94 Å². The predicted octanol–water partition coefficient (Wildman–Crippen LogP) is 4.81. The van der Waals surface area contributed by atoms with E-state index < -0.39 is 0 Å². The third kappa shape index (κ3) is 2.64. The minimum atomic E-state index is 0.812. The summed E-state index contributed by atoms with van der Waals surface area (Å²) in [6.45, 7) is 0. The molecule has 1 heterocycles. The van der Waals surface area contributed by atoms with E-state index in [1.807, 2.05) is 18.2 Å². The highest BCUT2D eigenvalue weighted by Crippen LogP contribution is 2.32. The van der Waals surface area contributed by atoms with Crippen LogP contribution in [0.15, 0.2) is 84.0 Å². The lowest BCUT2D eigenvalue weighted by Gasteiger charge is -2.10. The summed E-state index contributed by atoms with van der Waals surface area (Å²) in [5.41, 5.74) is 1.31. The molecule has 1 N–H and O–H groups in total. The quantitative estimate of drug-likeness (QED) is 0.254. The second kappa shape index (κ2) is 5.94. The average Bonchev–Trinajstić information content (AvgIpc) is 2.60. The van der Waals surface area contributed by atoms with Gasteiger partial charge in [-0.25, -0.2) is 0 Å². The van der Waals surface area contributed by atoms with Crippen LogP contribution in [0.2, 0.25) is 0 Å². The number of rotatable bonds is 3. The van der Waals surface area contributed by atoms with Crippen LogP contribution in [0, 0.1) is 0 Å². The van der Waals surface area contributed by atoms with Gasteiger partial charge < -0.3 is 0 Å². The van der Waals surface area contributed by atoms with E-state index in [-0.39, 0.29) is 0 Å². The van der Waals surface area contributed by atoms with Crippen LogP contribution in [0.3, 0.4) is 0 Å². The van der Waals surface area contributed by atoms with Gasteiger partial charge in [0.2, 0.25) is 6.20 Å². The molecule has 4 rings (SSSR count). The fourth-order valence-electron chi connectivity index (χ4n) is 2.94. The first-order valence-electron chi connectivity index (χ1n) is 7.55. The molecule has 0 aliphatic heterocycles. The predicted molar refractivity (Wildman–Crippen MR) is 94.8 cm³/mol. The number of pyridine rings is 1. The summed E-state index contributed by atoms with van der Waals surface area (Å²) < 4.78 is 1.18. The Morgan fingerprint density at radius 2 is 1.39 bits per heavy atom. The molecule has 0 saturated carbocycles. The molecule has 0 unspecified atom stereocenters. The van der Waals surface area contributed by atoms with Crippen molar-refractivity contribution in [3.63, 3.8) is 0 Å². The Bertz CT molecular complexity index is 943. The molecule has 0 saturated heterocycles. The maximum atomic E-state index is 9.91. The molecule has 2 nitrogen and oxygen atoms in total. The SMILES string of the molecule is O[n+]1ccccc1SCc1c2ccccc2cc2ccccc12. The lowest BCUT2D eigenvalue weighted by Crippen LogP contribution is -2.31. The molecule has 0 atom stereocenters. The molecule has 4 aromatic rings. The zero-order chi connectivity index (χ0) is 15.6. The van der Waals surface area contributed by atoms with Crippen LogP contribution in [0.1, 0.15) is 5.56 Å². The van der Waals surface area contributed by atoms with Crippen LogP contribution >= 0.6 is 11.8 Å². The van der Waals surface area contributed by atoms with Gasteiger partial charge >= 0.3 is 0 Å². The van der Waals surface area contributed by atoms with Gasteiger partial charge in [0.05, 0.1) is 0 Å². The molecule has 0 fully saturated rings. The van der Waals surface area contributed by atoms with Crippen molar-refractivity contribution in [1.29, 1.82) is 0 Å². The van der Waals surface area contributed by atoms with Gasteiger partial charge in [-0.2, -0.15) is 0 Å². The Morgan fingerprint density at radius 3 is 2.04 bits per heavy atom. The number of thioether (sulfide) groups is 1. The summed E-state index contributed by atoms with van der Waals surface area (Å²) in [6, 6.07) is 24.9. The molecule has 0 aliphatic carbocycles. The normalized spacial score (nSPS) is 11.1. The van der Waals surface area contributed by atoms with Gasteiger partial charge in [0.25, 0.3) is 5.03 Å². The van der Waals surface area contributed by atoms with Gasteiger partial charge in [-0.3, -0.25) is 5.21 Å². The third-order valence-electron chi connectivity index (χ3n) is 4.05. The molecular formula is C20H16NOS+. The minimum Gasteiger partial charge on any atom is -0.284 e. The Morgan fingerprint density at radius 1 is 0.783 bits per heavy atom. The topological polar surface area (TPSA) is 24.1 Å². The van der Waals surface area contributed by atoms with Crippen LogP contribution in [0.4, 0.5) is 0 Å². The van der Waals surface area contributed by atoms with Crippen LogP contribution in [0.25, 0.3) is 21.5 Å². The maximum absolute atomic E-state index is 9.91. The Balaban J connectivity index is 1.84. The van der Waals surface area contributed by atoms with Gasteiger partial charge in [0.15, 0.2) is 0 Å². The van der Waals surface area contributed by atoms with E-state index in [2.05, 4.69) is 54.6 Å². The van der Waals surface area contributed by atoms with Crippen molar-refractivity contribution in [1.82, 2.24) is 0 Å². The van der Waals surface area contributed by atoms with Gasteiger partial charge in [-0.15, -0.1) is 0 Å². The maximum Gasteiger partial charge on any atom is 0.291 e. The molecule has 23 heavy (non-hydrogen) atoms. The molecule has 3 heteroatoms. The van der Waals surface area contributed by atoms with E-state index in [4.69, 9.17) is 0 Å². The fourth-order valence-corrected chi connectivity index (χ4v) is 3.91. The first kappa shape index (κ1) is 14.1. The van der Waals surface area contributed by atoms with Crippen molar-refractivity contribution in [2.45, 2.75) is 10.8 Å². The smallest absolute Gasteiger partial charge is 0.284 e. The van der Waals surface area contributed by atoms with E-state index in [0.29, 0.717) is 0 Å². The summed E-state index contributed by atoms with van der Waals surface area (Å²) in [6.07, 6.45) is 1.66. The lowest BCUT2D eigenvalue weighted by molar-refractivity contribution is -0.932. The Hall–Kier alpha value is -2.52. The third-order valence-corrected chi connectivity index (χ3v) is 5.10. The molecule has 0 bridgehead atoms. The van der Waals surface area contributed by atoms with Gasteiger partial charge in [-0.05, 0) is 51.0 Å². The molecular weight excluding hydrogens is 302 g/mol. The zero-order valence-electron chi connectivity index (χ0n) is 12.5. The van der Waals surface area contributed by atoms with E-state index in [1.165, 1.54) is 31.8 Å². The summed E-state index contributed by atoms with van der Waals surface area (Å²) in [5, 5.41) is 15.8. The van der Waals surface area contributed by atoms with Crippen molar-refractivity contribution >= 4 is 33.3 Å². The van der Waals surface area contributed by atoms with Gasteiger partial charge in [0, 0.05) is 22.6 Å². The summed E-state index contributed by atoms with van der Waals surface area (Å²) in [5.74, 6) is 0.812. The first-order chi connectivity index (χ1) is 11.3. The summed E-state index contributed by atoms with van der Waals surface area (Å²) in [7, 11) is 0. The van der Waals surface area contributed by atoms with E-state index >= 15 is 0 Å². The van der Waals surface area contributed by atoms with Gasteiger partial charge in [0.1, 0.15) is 0 Å². The van der Waals surface area contributed by atoms with E-state index in [1.54, 1.807) is 18.0 Å². The molecule has 1 aromatic heterocycles. The Labute approximate surface area is 139 Å². The van der Waals surface area contributed by atoms with Crippen molar-refractivity contribution in [2.24, 2.45) is 0 Å². The average molecular weight is 318 g/mol. The van der Waals surface area contributed by atoms with Crippen LogP contribution in [0.5, 0.6) is 0 Å². The fraction of sp³-hybridized carbons (Fsp3) is 0.0500. The standard InChI is InChI=1S/C20H16NOS/c22-21-12-6-5-11-20(21)23-14-19-17-9-3-1-7-15(17)13-16-8-2-4-10-18(16)19/h1-13,22H,14H2/q+1. The highest BCUT2D eigenvalue weighted by molar-refractivity contribution is 7.98. The molecule has 3 aromatic carbocycles. The number of fused-ring (bicyclic) bond motifs is 2. The largest absolute Gasteiger partial charge is 0.291 e. The van der Waals surface area contributed by atoms with Crippen molar-refractivity contribution in [2.75, 3.05) is 0 Å². The molecule has 0 spiro atoms. The molecule has 0 aliphatic rings. The number of benzene rings is 3. The highest BCUT2D eigenvalue weighted by atomic mass is 32.2. The number of aromatic nitrogens is 1. The summed E-state index contributed by atoms with van der Waals surface area (Å²) >= 11 is 1.64. The van der Waals surface area contributed by atoms with E-state index in [9.17, 15) is 5.21 Å². The Kier molecular flexibility index (Phi) is 3.64. The van der Waals surface area contributed by atoms with Crippen LogP contribution in [-0.4, -0.2) is 5.21 Å². The van der Waals surface area contributed by atoms with Gasteiger partial charge in [-0.1, -0.05) is 48.5 Å². The van der Waals surface area contributed by atoms with Crippen LogP contribution < -0.4 is 4.73 Å². The second-order valence-corrected chi connectivity index (χ2v) is 6.47. The first-order valence-corrected chi connectivity index (χ1v) is 8.53. The molecule has 0 radical (unpaired) electrons. The van der Waals surface area contributed by atoms with Crippen LogP contribution in [-0.2, 0) is 5.75 Å². The molecule has 0 amide bonds. The monoisotopic (exact) mass is 318 g/mol. The molecule has 112 valence electrons. The summed E-state index contributed by atoms with van der Waals surface area (Å²) in [4.78, 5) is 0.